The minimum Gasteiger partial charge on any atom is -0.459 e. The van der Waals surface area contributed by atoms with E-state index < -0.39 is 10.0 Å². The Labute approximate surface area is 192 Å². The van der Waals surface area contributed by atoms with E-state index >= 15 is 0 Å². The van der Waals surface area contributed by atoms with E-state index in [9.17, 15) is 18.0 Å². The lowest BCUT2D eigenvalue weighted by molar-refractivity contribution is -0.121. The summed E-state index contributed by atoms with van der Waals surface area (Å²) in [7, 11) is -3.73. The SMILES string of the molecule is Cc1ccc(NS(=O)(=O)c2ccc(NC(=O)C3CCN(C(=O)c4ccco4)CC3)cc2)cc1. The Kier molecular flexibility index (Phi) is 6.50. The van der Waals surface area contributed by atoms with Gasteiger partial charge in [0, 0.05) is 30.4 Å². The molecular formula is C24H25N3O5S. The van der Waals surface area contributed by atoms with Crippen LogP contribution in [-0.4, -0.2) is 38.2 Å². The average molecular weight is 468 g/mol. The fourth-order valence-electron chi connectivity index (χ4n) is 3.70. The topological polar surface area (TPSA) is 109 Å². The van der Waals surface area contributed by atoms with Crippen molar-refractivity contribution >= 4 is 33.2 Å². The summed E-state index contributed by atoms with van der Waals surface area (Å²) in [6, 6.07) is 16.4. The molecule has 1 aromatic heterocycles. The maximum absolute atomic E-state index is 12.7. The highest BCUT2D eigenvalue weighted by Crippen LogP contribution is 2.23. The molecule has 0 saturated carbocycles. The molecule has 0 spiro atoms. The van der Waals surface area contributed by atoms with Gasteiger partial charge in [-0.25, -0.2) is 8.42 Å². The molecule has 0 unspecified atom stereocenters. The number of furan rings is 1. The maximum Gasteiger partial charge on any atom is 0.289 e. The fourth-order valence-corrected chi connectivity index (χ4v) is 4.76. The first-order chi connectivity index (χ1) is 15.8. The number of amides is 2. The molecule has 172 valence electrons. The zero-order valence-electron chi connectivity index (χ0n) is 18.2. The van der Waals surface area contributed by atoms with Gasteiger partial charge in [0.15, 0.2) is 5.76 Å². The van der Waals surface area contributed by atoms with Gasteiger partial charge in [0.1, 0.15) is 0 Å². The maximum atomic E-state index is 12.7. The van der Waals surface area contributed by atoms with Crippen LogP contribution < -0.4 is 10.0 Å². The standard InChI is InChI=1S/C24H25N3O5S/c1-17-4-6-20(7-5-17)26-33(30,31)21-10-8-19(9-11-21)25-23(28)18-12-14-27(15-13-18)24(29)22-3-2-16-32-22/h2-11,16,18,26H,12-15H2,1H3,(H,25,28). The second-order valence-electron chi connectivity index (χ2n) is 8.03. The summed E-state index contributed by atoms with van der Waals surface area (Å²) < 4.78 is 32.9. The van der Waals surface area contributed by atoms with Crippen LogP contribution in [0.2, 0.25) is 0 Å². The number of likely N-dealkylation sites (tertiary alicyclic amines) is 1. The Morgan fingerprint density at radius 3 is 2.18 bits per heavy atom. The lowest BCUT2D eigenvalue weighted by Crippen LogP contribution is -2.41. The second-order valence-corrected chi connectivity index (χ2v) is 9.71. The molecule has 1 aliphatic rings. The number of rotatable bonds is 6. The van der Waals surface area contributed by atoms with Gasteiger partial charge in [-0.15, -0.1) is 0 Å². The van der Waals surface area contributed by atoms with Gasteiger partial charge in [-0.2, -0.15) is 0 Å². The number of hydrogen-bond donors (Lipinski definition) is 2. The molecular weight excluding hydrogens is 442 g/mol. The number of carbonyl (C=O) groups excluding carboxylic acids is 2. The highest BCUT2D eigenvalue weighted by molar-refractivity contribution is 7.92. The predicted octanol–water partition coefficient (Wildman–Crippen LogP) is 3.88. The molecule has 9 heteroatoms. The van der Waals surface area contributed by atoms with Crippen molar-refractivity contribution in [1.29, 1.82) is 0 Å². The number of anilines is 2. The first kappa shape index (κ1) is 22.6. The summed E-state index contributed by atoms with van der Waals surface area (Å²) in [6.45, 7) is 2.87. The molecule has 1 fully saturated rings. The van der Waals surface area contributed by atoms with Crippen LogP contribution >= 0.6 is 0 Å². The summed E-state index contributed by atoms with van der Waals surface area (Å²) in [5.74, 6) is -0.245. The Bertz CT molecular complexity index is 1210. The van der Waals surface area contributed by atoms with Gasteiger partial charge in [0.25, 0.3) is 15.9 Å². The Hall–Kier alpha value is -3.59. The van der Waals surface area contributed by atoms with Crippen LogP contribution in [0.25, 0.3) is 0 Å². The third kappa shape index (κ3) is 5.43. The Morgan fingerprint density at radius 1 is 0.939 bits per heavy atom. The van der Waals surface area contributed by atoms with Crippen molar-refractivity contribution < 1.29 is 22.4 Å². The summed E-state index contributed by atoms with van der Waals surface area (Å²) in [4.78, 5) is 26.8. The van der Waals surface area contributed by atoms with E-state index in [4.69, 9.17) is 4.42 Å². The van der Waals surface area contributed by atoms with Crippen LogP contribution in [0.1, 0.15) is 29.0 Å². The van der Waals surface area contributed by atoms with E-state index in [0.29, 0.717) is 43.1 Å². The lowest BCUT2D eigenvalue weighted by Gasteiger charge is -2.30. The molecule has 0 atom stereocenters. The van der Waals surface area contributed by atoms with Gasteiger partial charge >= 0.3 is 0 Å². The molecule has 33 heavy (non-hydrogen) atoms. The van der Waals surface area contributed by atoms with Crippen molar-refractivity contribution in [1.82, 2.24) is 4.90 Å². The summed E-state index contributed by atoms with van der Waals surface area (Å²) in [5.41, 5.74) is 2.03. The van der Waals surface area contributed by atoms with Crippen molar-refractivity contribution in [2.24, 2.45) is 5.92 Å². The number of piperidine rings is 1. The van der Waals surface area contributed by atoms with Crippen molar-refractivity contribution in [2.75, 3.05) is 23.1 Å². The van der Waals surface area contributed by atoms with Crippen molar-refractivity contribution in [3.05, 3.63) is 78.3 Å². The molecule has 1 aliphatic heterocycles. The summed E-state index contributed by atoms with van der Waals surface area (Å²) in [5, 5.41) is 2.84. The highest BCUT2D eigenvalue weighted by Gasteiger charge is 2.28. The molecule has 1 saturated heterocycles. The molecule has 8 nitrogen and oxygen atoms in total. The van der Waals surface area contributed by atoms with Gasteiger partial charge in [-0.1, -0.05) is 17.7 Å². The van der Waals surface area contributed by atoms with E-state index in [1.807, 2.05) is 19.1 Å². The normalized spacial score (nSPS) is 14.6. The van der Waals surface area contributed by atoms with Crippen LogP contribution in [0.3, 0.4) is 0 Å². The third-order valence-corrected chi connectivity index (χ3v) is 7.02. The van der Waals surface area contributed by atoms with E-state index in [1.165, 1.54) is 18.4 Å². The fraction of sp³-hybridized carbons (Fsp3) is 0.250. The third-order valence-electron chi connectivity index (χ3n) is 5.62. The minimum absolute atomic E-state index is 0.103. The zero-order valence-corrected chi connectivity index (χ0v) is 19.0. The van der Waals surface area contributed by atoms with Gasteiger partial charge in [-0.3, -0.25) is 14.3 Å². The van der Waals surface area contributed by atoms with E-state index in [1.54, 1.807) is 41.3 Å². The van der Waals surface area contributed by atoms with Gasteiger partial charge in [0.05, 0.1) is 11.2 Å². The molecule has 0 aliphatic carbocycles. The molecule has 2 heterocycles. The molecule has 0 bridgehead atoms. The van der Waals surface area contributed by atoms with Gasteiger partial charge < -0.3 is 14.6 Å². The van der Waals surface area contributed by atoms with Crippen LogP contribution in [0.5, 0.6) is 0 Å². The first-order valence-electron chi connectivity index (χ1n) is 10.6. The summed E-state index contributed by atoms with van der Waals surface area (Å²) >= 11 is 0. The van der Waals surface area contributed by atoms with Gasteiger partial charge in [-0.05, 0) is 68.3 Å². The predicted molar refractivity (Wildman–Crippen MR) is 124 cm³/mol. The van der Waals surface area contributed by atoms with Crippen molar-refractivity contribution in [3.8, 4) is 0 Å². The van der Waals surface area contributed by atoms with Crippen LogP contribution in [0.4, 0.5) is 11.4 Å². The van der Waals surface area contributed by atoms with E-state index in [2.05, 4.69) is 10.0 Å². The molecule has 2 N–H and O–H groups in total. The van der Waals surface area contributed by atoms with Crippen LogP contribution in [0.15, 0.2) is 76.2 Å². The Morgan fingerprint density at radius 2 is 1.58 bits per heavy atom. The number of nitrogens with one attached hydrogen (secondary N) is 2. The first-order valence-corrected chi connectivity index (χ1v) is 12.1. The van der Waals surface area contributed by atoms with Crippen molar-refractivity contribution in [3.63, 3.8) is 0 Å². The Balaban J connectivity index is 1.32. The molecule has 3 aromatic rings. The number of hydrogen-bond acceptors (Lipinski definition) is 5. The molecule has 2 aromatic carbocycles. The lowest BCUT2D eigenvalue weighted by atomic mass is 9.95. The number of sulfonamides is 1. The quantitative estimate of drug-likeness (QED) is 0.572. The largest absolute Gasteiger partial charge is 0.459 e. The smallest absolute Gasteiger partial charge is 0.289 e. The van der Waals surface area contributed by atoms with Crippen LogP contribution in [-0.2, 0) is 14.8 Å². The molecule has 0 radical (unpaired) electrons. The van der Waals surface area contributed by atoms with Gasteiger partial charge in [0.2, 0.25) is 5.91 Å². The summed E-state index contributed by atoms with van der Waals surface area (Å²) in [6.07, 6.45) is 2.55. The second kappa shape index (κ2) is 9.50. The van der Waals surface area contributed by atoms with Crippen molar-refractivity contribution in [2.45, 2.75) is 24.7 Å². The number of carbonyl (C=O) groups is 2. The van der Waals surface area contributed by atoms with E-state index in [0.717, 1.165) is 5.56 Å². The zero-order chi connectivity index (χ0) is 23.4. The number of benzene rings is 2. The molecule has 4 rings (SSSR count). The van der Waals surface area contributed by atoms with E-state index in [-0.39, 0.29) is 22.6 Å². The number of nitrogens with zero attached hydrogens (tertiary/aromatic N) is 1. The minimum atomic E-state index is -3.73. The molecule has 2 amide bonds. The number of aryl methyl sites for hydroxylation is 1. The monoisotopic (exact) mass is 467 g/mol. The van der Waals surface area contributed by atoms with Crippen LogP contribution in [0, 0.1) is 12.8 Å². The average Bonchev–Trinajstić information content (AvgIpc) is 3.35. The highest BCUT2D eigenvalue weighted by atomic mass is 32.2.